The summed E-state index contributed by atoms with van der Waals surface area (Å²) in [6.45, 7) is 4.50. The minimum absolute atomic E-state index is 0.234. The van der Waals surface area contributed by atoms with Gasteiger partial charge in [-0.05, 0) is 61.9 Å². The van der Waals surface area contributed by atoms with Gasteiger partial charge in [0.05, 0.1) is 29.8 Å². The lowest BCUT2D eigenvalue weighted by atomic mass is 9.90. The Labute approximate surface area is 193 Å². The summed E-state index contributed by atoms with van der Waals surface area (Å²) in [5, 5.41) is 12.7. The number of aliphatic hydroxyl groups is 1. The molecule has 2 aliphatic heterocycles. The number of piperidine rings is 1. The molecule has 0 saturated carbocycles. The highest BCUT2D eigenvalue weighted by atomic mass is 32.2. The molecule has 4 rings (SSSR count). The van der Waals surface area contributed by atoms with Gasteiger partial charge >= 0.3 is 6.03 Å². The van der Waals surface area contributed by atoms with E-state index in [2.05, 4.69) is 10.3 Å². The molecule has 1 saturated heterocycles. The summed E-state index contributed by atoms with van der Waals surface area (Å²) in [6, 6.07) is 8.73. The van der Waals surface area contributed by atoms with Gasteiger partial charge in [0.1, 0.15) is 5.82 Å². The molecule has 33 heavy (non-hydrogen) atoms. The summed E-state index contributed by atoms with van der Waals surface area (Å²) in [6.07, 6.45) is 2.56. The van der Waals surface area contributed by atoms with Crippen molar-refractivity contribution in [3.8, 4) is 0 Å². The first-order valence-electron chi connectivity index (χ1n) is 11.0. The maximum absolute atomic E-state index is 13.3. The Morgan fingerprint density at radius 2 is 1.88 bits per heavy atom. The molecule has 1 aromatic heterocycles. The maximum atomic E-state index is 13.3. The van der Waals surface area contributed by atoms with Crippen LogP contribution < -0.4 is 5.32 Å². The second-order valence-corrected chi connectivity index (χ2v) is 11.4. The summed E-state index contributed by atoms with van der Waals surface area (Å²) >= 11 is 0. The fourth-order valence-electron chi connectivity index (χ4n) is 4.42. The van der Waals surface area contributed by atoms with Crippen molar-refractivity contribution < 1.29 is 22.7 Å². The van der Waals surface area contributed by atoms with E-state index in [9.17, 15) is 22.7 Å². The first-order valence-corrected chi connectivity index (χ1v) is 12.6. The average Bonchev–Trinajstić information content (AvgIpc) is 3.16. The highest BCUT2D eigenvalue weighted by Crippen LogP contribution is 2.31. The number of aromatic nitrogens is 1. The molecule has 3 heterocycles. The van der Waals surface area contributed by atoms with Crippen molar-refractivity contribution >= 4 is 21.7 Å². The van der Waals surface area contributed by atoms with Crippen LogP contribution in [0.1, 0.15) is 49.4 Å². The van der Waals surface area contributed by atoms with Crippen molar-refractivity contribution in [1.82, 2.24) is 14.2 Å². The van der Waals surface area contributed by atoms with Gasteiger partial charge in [0.2, 0.25) is 10.0 Å². The van der Waals surface area contributed by atoms with Gasteiger partial charge in [-0.15, -0.1) is 0 Å². The molecule has 2 N–H and O–H groups in total. The summed E-state index contributed by atoms with van der Waals surface area (Å²) in [4.78, 5) is 18.2. The molecule has 0 radical (unpaired) electrons. The Hall–Kier alpha value is -2.56. The van der Waals surface area contributed by atoms with Crippen molar-refractivity contribution in [2.75, 3.05) is 24.2 Å². The van der Waals surface area contributed by atoms with Crippen molar-refractivity contribution in [1.29, 1.82) is 0 Å². The molecule has 2 aromatic rings. The van der Waals surface area contributed by atoms with Gasteiger partial charge in [0, 0.05) is 25.3 Å². The lowest BCUT2D eigenvalue weighted by Crippen LogP contribution is -2.44. The Bertz CT molecular complexity index is 1120. The van der Waals surface area contributed by atoms with Crippen molar-refractivity contribution in [2.24, 2.45) is 0 Å². The molecule has 10 heteroatoms. The lowest BCUT2D eigenvalue weighted by Gasteiger charge is -2.33. The zero-order valence-corrected chi connectivity index (χ0v) is 19.6. The van der Waals surface area contributed by atoms with Gasteiger partial charge in [0.15, 0.2) is 0 Å². The predicted molar refractivity (Wildman–Crippen MR) is 123 cm³/mol. The van der Waals surface area contributed by atoms with E-state index in [1.54, 1.807) is 4.90 Å². The van der Waals surface area contributed by atoms with Crippen molar-refractivity contribution in [2.45, 2.75) is 51.3 Å². The third-order valence-electron chi connectivity index (χ3n) is 6.03. The van der Waals surface area contributed by atoms with Gasteiger partial charge in [-0.2, -0.15) is 0 Å². The third kappa shape index (κ3) is 5.69. The minimum Gasteiger partial charge on any atom is -0.389 e. The molecule has 1 aromatic carbocycles. The summed E-state index contributed by atoms with van der Waals surface area (Å²) in [5.74, 6) is -0.462. The number of nitrogens with one attached hydrogen (secondary N) is 1. The number of halogens is 1. The minimum atomic E-state index is -3.49. The fraction of sp³-hybridized carbons (Fsp3) is 0.478. The van der Waals surface area contributed by atoms with E-state index in [-0.39, 0.29) is 17.7 Å². The number of rotatable bonds is 5. The van der Waals surface area contributed by atoms with E-state index in [0.717, 1.165) is 17.3 Å². The molecule has 0 spiro atoms. The van der Waals surface area contributed by atoms with Crippen LogP contribution in [0.3, 0.4) is 0 Å². The van der Waals surface area contributed by atoms with Crippen LogP contribution in [0.15, 0.2) is 36.5 Å². The molecule has 0 atom stereocenters. The average molecular weight is 477 g/mol. The molecule has 2 aliphatic rings. The lowest BCUT2D eigenvalue weighted by molar-refractivity contribution is 0.103. The van der Waals surface area contributed by atoms with E-state index in [4.69, 9.17) is 0 Å². The maximum Gasteiger partial charge on any atom is 0.322 e. The predicted octanol–water partition coefficient (Wildman–Crippen LogP) is 3.05. The molecule has 0 bridgehead atoms. The number of benzene rings is 1. The fourth-order valence-corrected chi connectivity index (χ4v) is 6.26. The van der Waals surface area contributed by atoms with Crippen LogP contribution in [0.2, 0.25) is 0 Å². The number of nitrogens with zero attached hydrogens (tertiary/aromatic N) is 3. The molecule has 178 valence electrons. The van der Waals surface area contributed by atoms with Crippen LogP contribution in [0.5, 0.6) is 0 Å². The van der Waals surface area contributed by atoms with Crippen LogP contribution in [0.4, 0.5) is 14.9 Å². The molecule has 2 amide bonds. The molecular weight excluding hydrogens is 447 g/mol. The third-order valence-corrected chi connectivity index (χ3v) is 8.26. The molecule has 0 aliphatic carbocycles. The first-order chi connectivity index (χ1) is 15.5. The van der Waals surface area contributed by atoms with E-state index < -0.39 is 21.4 Å². The second kappa shape index (κ2) is 9.00. The number of fused-ring (bicyclic) bond motifs is 1. The summed E-state index contributed by atoms with van der Waals surface area (Å²) in [7, 11) is -3.49. The zero-order valence-electron chi connectivity index (χ0n) is 18.8. The zero-order chi connectivity index (χ0) is 23.8. The molecule has 0 unspecified atom stereocenters. The molecule has 8 nitrogen and oxygen atoms in total. The highest BCUT2D eigenvalue weighted by Gasteiger charge is 2.32. The van der Waals surface area contributed by atoms with Crippen LogP contribution in [-0.2, 0) is 23.1 Å². The van der Waals surface area contributed by atoms with Crippen LogP contribution in [0.25, 0.3) is 0 Å². The SMILES string of the molecule is CC(C)(O)CS(=O)(=O)N1CCC(c2ccc(NC(=O)N3Cc4cc(F)cnc4C3)cc2)CC1. The van der Waals surface area contributed by atoms with E-state index in [1.165, 1.54) is 24.2 Å². The van der Waals surface area contributed by atoms with E-state index in [1.807, 2.05) is 24.3 Å². The second-order valence-electron chi connectivity index (χ2n) is 9.41. The number of hydrogen-bond acceptors (Lipinski definition) is 5. The van der Waals surface area contributed by atoms with Crippen molar-refractivity contribution in [3.63, 3.8) is 0 Å². The monoisotopic (exact) mass is 476 g/mol. The van der Waals surface area contributed by atoms with Crippen LogP contribution in [0, 0.1) is 5.82 Å². The quantitative estimate of drug-likeness (QED) is 0.691. The Balaban J connectivity index is 1.31. The van der Waals surface area contributed by atoms with E-state index in [0.29, 0.717) is 50.4 Å². The Kier molecular flexibility index (Phi) is 6.43. The molecule has 1 fully saturated rings. The summed E-state index contributed by atoms with van der Waals surface area (Å²) in [5.41, 5.74) is 1.92. The number of pyridine rings is 1. The van der Waals surface area contributed by atoms with Gasteiger partial charge in [-0.25, -0.2) is 21.9 Å². The van der Waals surface area contributed by atoms with E-state index >= 15 is 0 Å². The smallest absolute Gasteiger partial charge is 0.322 e. The Morgan fingerprint density at radius 1 is 1.21 bits per heavy atom. The number of amides is 2. The Morgan fingerprint density at radius 3 is 2.52 bits per heavy atom. The number of hydrogen-bond donors (Lipinski definition) is 2. The van der Waals surface area contributed by atoms with Gasteiger partial charge in [0.25, 0.3) is 0 Å². The highest BCUT2D eigenvalue weighted by molar-refractivity contribution is 7.89. The number of carbonyl (C=O) groups is 1. The number of sulfonamides is 1. The number of carbonyl (C=O) groups excluding carboxylic acids is 1. The van der Waals surface area contributed by atoms with Crippen LogP contribution in [-0.4, -0.2) is 58.2 Å². The largest absolute Gasteiger partial charge is 0.389 e. The van der Waals surface area contributed by atoms with Crippen LogP contribution >= 0.6 is 0 Å². The van der Waals surface area contributed by atoms with Gasteiger partial charge < -0.3 is 15.3 Å². The normalized spacial score (nSPS) is 17.8. The first kappa shape index (κ1) is 23.6. The van der Waals surface area contributed by atoms with Gasteiger partial charge in [-0.1, -0.05) is 12.1 Å². The number of urea groups is 1. The molecular formula is C23H29FN4O4S. The van der Waals surface area contributed by atoms with Gasteiger partial charge in [-0.3, -0.25) is 4.98 Å². The standard InChI is InChI=1S/C23H29FN4O4S/c1-23(2,30)15-33(31,32)28-9-7-17(8-10-28)16-3-5-20(6-4-16)26-22(29)27-13-18-11-19(24)12-25-21(18)14-27/h3-6,11-12,17,30H,7-10,13-15H2,1-2H3,(H,26,29). The van der Waals surface area contributed by atoms with Crippen molar-refractivity contribution in [3.05, 3.63) is 59.2 Å². The topological polar surface area (TPSA) is 103 Å². The number of anilines is 1. The summed E-state index contributed by atoms with van der Waals surface area (Å²) < 4.78 is 39.8.